The van der Waals surface area contributed by atoms with Crippen molar-refractivity contribution in [1.29, 1.82) is 0 Å². The number of esters is 3. The van der Waals surface area contributed by atoms with Gasteiger partial charge in [-0.1, -0.05) is 91.4 Å². The van der Waals surface area contributed by atoms with Gasteiger partial charge in [0, 0.05) is 19.3 Å². The molecule has 302 valence electrons. The minimum absolute atomic E-state index is 0.185. The van der Waals surface area contributed by atoms with E-state index < -0.39 is 67.2 Å². The third-order valence-electron chi connectivity index (χ3n) is 9.13. The third kappa shape index (κ3) is 22.7. The van der Waals surface area contributed by atoms with Crippen molar-refractivity contribution < 1.29 is 63.6 Å². The summed E-state index contributed by atoms with van der Waals surface area (Å²) in [5, 5.41) is 51.1. The van der Waals surface area contributed by atoms with Crippen LogP contribution in [-0.4, -0.2) is 123 Å². The topological polar surface area (TPSA) is 199 Å². The van der Waals surface area contributed by atoms with E-state index in [0.717, 1.165) is 51.4 Å². The molecule has 51 heavy (non-hydrogen) atoms. The molecular formula is C38H72O13. The van der Waals surface area contributed by atoms with Crippen LogP contribution in [0, 0.1) is 16.2 Å². The van der Waals surface area contributed by atoms with E-state index in [1.54, 1.807) is 0 Å². The number of carbonyl (C=O) groups excluding carboxylic acids is 3. The summed E-state index contributed by atoms with van der Waals surface area (Å²) in [5.41, 5.74) is -3.95. The summed E-state index contributed by atoms with van der Waals surface area (Å²) in [6.07, 6.45) is 14.2. The lowest BCUT2D eigenvalue weighted by atomic mass is 9.89. The van der Waals surface area contributed by atoms with Gasteiger partial charge in [0.1, 0.15) is 19.8 Å². The Morgan fingerprint density at radius 1 is 0.373 bits per heavy atom. The lowest BCUT2D eigenvalue weighted by Gasteiger charge is -2.35. The average molecular weight is 737 g/mol. The van der Waals surface area contributed by atoms with Crippen LogP contribution < -0.4 is 0 Å². The van der Waals surface area contributed by atoms with Gasteiger partial charge in [0.05, 0.1) is 75.7 Å². The zero-order valence-electron chi connectivity index (χ0n) is 32.0. The largest absolute Gasteiger partial charge is 0.465 e. The second kappa shape index (κ2) is 30.6. The standard InChI is InChI=1S/C38H72O13/c1-4-7-10-12-13-15-17-20-35(46)50-31-37(23-41,24-42)27-48-29-38(25-43,32-51-33(44)18-9-6-3)28-47-26-36(21-39,22-40)30-49-34(45)19-16-14-11-8-5-2/h39-43H,4-32H2,1-3H3. The molecule has 0 saturated carbocycles. The van der Waals surface area contributed by atoms with Gasteiger partial charge in [0.25, 0.3) is 0 Å². The summed E-state index contributed by atoms with van der Waals surface area (Å²) < 4.78 is 28.0. The van der Waals surface area contributed by atoms with E-state index in [1.807, 2.05) is 6.92 Å². The van der Waals surface area contributed by atoms with Gasteiger partial charge < -0.3 is 49.2 Å². The molecule has 0 aliphatic carbocycles. The number of rotatable bonds is 36. The molecule has 0 aromatic carbocycles. The van der Waals surface area contributed by atoms with Crippen molar-refractivity contribution >= 4 is 17.9 Å². The van der Waals surface area contributed by atoms with E-state index in [1.165, 1.54) is 19.3 Å². The molecular weight excluding hydrogens is 664 g/mol. The van der Waals surface area contributed by atoms with Gasteiger partial charge in [-0.15, -0.1) is 0 Å². The fourth-order valence-corrected chi connectivity index (χ4v) is 5.12. The zero-order valence-corrected chi connectivity index (χ0v) is 32.0. The molecule has 0 bridgehead atoms. The Balaban J connectivity index is 5.36. The molecule has 0 spiro atoms. The van der Waals surface area contributed by atoms with Crippen LogP contribution >= 0.6 is 0 Å². The molecule has 1 unspecified atom stereocenters. The van der Waals surface area contributed by atoms with E-state index >= 15 is 0 Å². The predicted molar refractivity (Wildman–Crippen MR) is 193 cm³/mol. The molecule has 0 aliphatic heterocycles. The second-order valence-electron chi connectivity index (χ2n) is 14.4. The molecule has 0 fully saturated rings. The minimum atomic E-state index is -1.32. The summed E-state index contributed by atoms with van der Waals surface area (Å²) in [5.74, 6) is -1.33. The number of ether oxygens (including phenoxy) is 5. The van der Waals surface area contributed by atoms with Gasteiger partial charge in [-0.05, 0) is 19.3 Å². The SMILES string of the molecule is CCCCCCCCCC(=O)OCC(CO)(CO)COCC(CO)(COCC(CO)(CO)COC(=O)CCCCCCC)COC(=O)CCCC. The van der Waals surface area contributed by atoms with Crippen LogP contribution in [0.5, 0.6) is 0 Å². The van der Waals surface area contributed by atoms with E-state index in [9.17, 15) is 39.9 Å². The minimum Gasteiger partial charge on any atom is -0.465 e. The Morgan fingerprint density at radius 3 is 0.980 bits per heavy atom. The number of hydrogen-bond acceptors (Lipinski definition) is 13. The molecule has 5 N–H and O–H groups in total. The first kappa shape index (κ1) is 49.1. The molecule has 0 aliphatic rings. The molecule has 0 radical (unpaired) electrons. The molecule has 13 heteroatoms. The highest BCUT2D eigenvalue weighted by Crippen LogP contribution is 2.26. The van der Waals surface area contributed by atoms with E-state index in [4.69, 9.17) is 23.7 Å². The Hall–Kier alpha value is -1.87. The van der Waals surface area contributed by atoms with Crippen LogP contribution in [-0.2, 0) is 38.1 Å². The highest BCUT2D eigenvalue weighted by atomic mass is 16.6. The van der Waals surface area contributed by atoms with Crippen molar-refractivity contribution in [2.75, 3.05) is 79.3 Å². The van der Waals surface area contributed by atoms with Crippen LogP contribution in [0.2, 0.25) is 0 Å². The fourth-order valence-electron chi connectivity index (χ4n) is 5.12. The molecule has 0 aromatic rings. The molecule has 0 rings (SSSR count). The van der Waals surface area contributed by atoms with Gasteiger partial charge in [-0.2, -0.15) is 0 Å². The smallest absolute Gasteiger partial charge is 0.305 e. The maximum absolute atomic E-state index is 12.4. The maximum atomic E-state index is 12.4. The first-order valence-corrected chi connectivity index (χ1v) is 19.3. The summed E-state index contributed by atoms with van der Waals surface area (Å²) in [6.45, 7) is 1.64. The van der Waals surface area contributed by atoms with Gasteiger partial charge in [-0.3, -0.25) is 14.4 Å². The second-order valence-corrected chi connectivity index (χ2v) is 14.4. The Kier molecular flexibility index (Phi) is 29.5. The third-order valence-corrected chi connectivity index (χ3v) is 9.13. The number of hydrogen-bond donors (Lipinski definition) is 5. The van der Waals surface area contributed by atoms with Gasteiger partial charge >= 0.3 is 17.9 Å². The number of unbranched alkanes of at least 4 members (excludes halogenated alkanes) is 11. The number of aliphatic hydroxyl groups is 5. The predicted octanol–water partition coefficient (Wildman–Crippen LogP) is 4.26. The van der Waals surface area contributed by atoms with Crippen molar-refractivity contribution in [2.45, 2.75) is 130 Å². The first-order chi connectivity index (χ1) is 24.6. The molecule has 1 atom stereocenters. The normalized spacial score (nSPS) is 13.2. The van der Waals surface area contributed by atoms with Gasteiger partial charge in [0.15, 0.2) is 0 Å². The lowest BCUT2D eigenvalue weighted by molar-refractivity contribution is -0.164. The van der Waals surface area contributed by atoms with Crippen molar-refractivity contribution in [1.82, 2.24) is 0 Å². The van der Waals surface area contributed by atoms with Crippen molar-refractivity contribution in [2.24, 2.45) is 16.2 Å². The van der Waals surface area contributed by atoms with Crippen LogP contribution in [0.3, 0.4) is 0 Å². The van der Waals surface area contributed by atoms with Crippen LogP contribution in [0.1, 0.15) is 130 Å². The Morgan fingerprint density at radius 2 is 0.647 bits per heavy atom. The highest BCUT2D eigenvalue weighted by molar-refractivity contribution is 5.70. The quantitative estimate of drug-likeness (QED) is 0.0348. The van der Waals surface area contributed by atoms with E-state index in [-0.39, 0.29) is 65.5 Å². The first-order valence-electron chi connectivity index (χ1n) is 19.3. The molecule has 0 amide bonds. The molecule has 13 nitrogen and oxygen atoms in total. The van der Waals surface area contributed by atoms with E-state index in [2.05, 4.69) is 13.8 Å². The van der Waals surface area contributed by atoms with Gasteiger partial charge in [0.2, 0.25) is 0 Å². The Labute approximate surface area is 306 Å². The average Bonchev–Trinajstić information content (AvgIpc) is 3.15. The van der Waals surface area contributed by atoms with Crippen LogP contribution in [0.25, 0.3) is 0 Å². The summed E-state index contributed by atoms with van der Waals surface area (Å²) in [4.78, 5) is 37.1. The van der Waals surface area contributed by atoms with E-state index in [0.29, 0.717) is 19.3 Å². The monoisotopic (exact) mass is 736 g/mol. The number of aliphatic hydroxyl groups excluding tert-OH is 5. The summed E-state index contributed by atoms with van der Waals surface area (Å²) in [7, 11) is 0. The van der Waals surface area contributed by atoms with Crippen molar-refractivity contribution in [3.63, 3.8) is 0 Å². The Bertz CT molecular complexity index is 876. The molecule has 0 heterocycles. The lowest BCUT2D eigenvalue weighted by Crippen LogP contribution is -2.46. The zero-order chi connectivity index (χ0) is 38.3. The number of carbonyl (C=O) groups is 3. The highest BCUT2D eigenvalue weighted by Gasteiger charge is 2.38. The van der Waals surface area contributed by atoms with Crippen molar-refractivity contribution in [3.05, 3.63) is 0 Å². The summed E-state index contributed by atoms with van der Waals surface area (Å²) in [6, 6.07) is 0. The molecule has 0 aromatic heterocycles. The van der Waals surface area contributed by atoms with Gasteiger partial charge in [-0.25, -0.2) is 0 Å². The fraction of sp³-hybridized carbons (Fsp3) is 0.921. The molecule has 0 saturated heterocycles. The maximum Gasteiger partial charge on any atom is 0.305 e. The summed E-state index contributed by atoms with van der Waals surface area (Å²) >= 11 is 0. The van der Waals surface area contributed by atoms with Crippen LogP contribution in [0.4, 0.5) is 0 Å². The van der Waals surface area contributed by atoms with Crippen LogP contribution in [0.15, 0.2) is 0 Å². The van der Waals surface area contributed by atoms with Crippen molar-refractivity contribution in [3.8, 4) is 0 Å².